The van der Waals surface area contributed by atoms with Gasteiger partial charge in [-0.05, 0) is 24.6 Å². The zero-order valence-electron chi connectivity index (χ0n) is 10.5. The Bertz CT molecular complexity index is 674. The van der Waals surface area contributed by atoms with E-state index in [2.05, 4.69) is 4.98 Å². The van der Waals surface area contributed by atoms with Crippen LogP contribution in [0.5, 0.6) is 0 Å². The SMILES string of the molecule is COC(=O)c1c(-c2ccc(F)cc2)cc(=O)[nH]c1C. The molecule has 0 spiro atoms. The summed E-state index contributed by atoms with van der Waals surface area (Å²) in [5, 5.41) is 0. The van der Waals surface area contributed by atoms with Crippen molar-refractivity contribution < 1.29 is 13.9 Å². The maximum Gasteiger partial charge on any atom is 0.340 e. The standard InChI is InChI=1S/C14H12FNO3/c1-8-13(14(18)19-2)11(7-12(17)16-8)9-3-5-10(15)6-4-9/h3-7H,1-2H3,(H,16,17). The second kappa shape index (κ2) is 5.06. The number of hydrogen-bond acceptors (Lipinski definition) is 3. The Morgan fingerprint density at radius 1 is 1.26 bits per heavy atom. The number of halogens is 1. The molecule has 1 N–H and O–H groups in total. The van der Waals surface area contributed by atoms with Gasteiger partial charge in [0.2, 0.25) is 5.56 Å². The minimum atomic E-state index is -0.548. The first-order chi connectivity index (χ1) is 9.02. The molecule has 0 aliphatic rings. The Labute approximate surface area is 108 Å². The topological polar surface area (TPSA) is 59.2 Å². The van der Waals surface area contributed by atoms with Gasteiger partial charge < -0.3 is 9.72 Å². The van der Waals surface area contributed by atoms with Gasteiger partial charge in [0.15, 0.2) is 0 Å². The summed E-state index contributed by atoms with van der Waals surface area (Å²) in [6, 6.07) is 6.86. The number of aryl methyl sites for hydroxylation is 1. The average molecular weight is 261 g/mol. The smallest absolute Gasteiger partial charge is 0.340 e. The fraction of sp³-hybridized carbons (Fsp3) is 0.143. The molecule has 0 aliphatic heterocycles. The van der Waals surface area contributed by atoms with Gasteiger partial charge >= 0.3 is 5.97 Å². The van der Waals surface area contributed by atoms with Gasteiger partial charge in [0.05, 0.1) is 12.7 Å². The number of methoxy groups -OCH3 is 1. The van der Waals surface area contributed by atoms with E-state index in [1.807, 2.05) is 0 Å². The summed E-state index contributed by atoms with van der Waals surface area (Å²) in [4.78, 5) is 25.9. The number of benzene rings is 1. The molecule has 5 heteroatoms. The fourth-order valence-electron chi connectivity index (χ4n) is 1.91. The third-order valence-corrected chi connectivity index (χ3v) is 2.78. The highest BCUT2D eigenvalue weighted by molar-refractivity contribution is 5.98. The minimum Gasteiger partial charge on any atom is -0.465 e. The van der Waals surface area contributed by atoms with Gasteiger partial charge in [-0.15, -0.1) is 0 Å². The first kappa shape index (κ1) is 13.0. The Hall–Kier alpha value is -2.43. The summed E-state index contributed by atoms with van der Waals surface area (Å²) in [7, 11) is 1.27. The van der Waals surface area contributed by atoms with Crippen LogP contribution in [0.2, 0.25) is 0 Å². The third kappa shape index (κ3) is 2.54. The van der Waals surface area contributed by atoms with E-state index in [-0.39, 0.29) is 16.9 Å². The number of ether oxygens (including phenoxy) is 1. The lowest BCUT2D eigenvalue weighted by Gasteiger charge is -2.10. The molecule has 0 amide bonds. The van der Waals surface area contributed by atoms with Crippen LogP contribution in [0.1, 0.15) is 16.1 Å². The number of nitrogens with one attached hydrogen (secondary N) is 1. The number of aromatic amines is 1. The monoisotopic (exact) mass is 261 g/mol. The highest BCUT2D eigenvalue weighted by Crippen LogP contribution is 2.24. The van der Waals surface area contributed by atoms with Gasteiger partial charge in [0.25, 0.3) is 0 Å². The average Bonchev–Trinajstić information content (AvgIpc) is 2.38. The molecule has 0 bridgehead atoms. The predicted molar refractivity (Wildman–Crippen MR) is 68.5 cm³/mol. The van der Waals surface area contributed by atoms with Crippen molar-refractivity contribution in [2.45, 2.75) is 6.92 Å². The zero-order chi connectivity index (χ0) is 14.0. The lowest BCUT2D eigenvalue weighted by atomic mass is 9.99. The van der Waals surface area contributed by atoms with Crippen LogP contribution in [-0.4, -0.2) is 18.1 Å². The van der Waals surface area contributed by atoms with Crippen molar-refractivity contribution in [3.8, 4) is 11.1 Å². The first-order valence-corrected chi connectivity index (χ1v) is 5.61. The molecule has 1 heterocycles. The van der Waals surface area contributed by atoms with E-state index in [9.17, 15) is 14.0 Å². The molecule has 1 aromatic carbocycles. The van der Waals surface area contributed by atoms with E-state index in [1.165, 1.54) is 37.4 Å². The predicted octanol–water partition coefficient (Wildman–Crippen LogP) is 2.28. The molecule has 0 saturated carbocycles. The maximum atomic E-state index is 12.9. The summed E-state index contributed by atoms with van der Waals surface area (Å²) in [5.74, 6) is -0.932. The van der Waals surface area contributed by atoms with Crippen LogP contribution in [0.4, 0.5) is 4.39 Å². The van der Waals surface area contributed by atoms with Crippen LogP contribution >= 0.6 is 0 Å². The van der Waals surface area contributed by atoms with Gasteiger partial charge in [-0.25, -0.2) is 9.18 Å². The second-order valence-electron chi connectivity index (χ2n) is 4.05. The summed E-state index contributed by atoms with van der Waals surface area (Å²) in [6.07, 6.45) is 0. The third-order valence-electron chi connectivity index (χ3n) is 2.78. The first-order valence-electron chi connectivity index (χ1n) is 5.61. The number of esters is 1. The minimum absolute atomic E-state index is 0.272. The summed E-state index contributed by atoms with van der Waals surface area (Å²) in [6.45, 7) is 1.61. The van der Waals surface area contributed by atoms with Crippen LogP contribution in [0.25, 0.3) is 11.1 Å². The largest absolute Gasteiger partial charge is 0.465 e. The van der Waals surface area contributed by atoms with Crippen molar-refractivity contribution in [2.75, 3.05) is 7.11 Å². The van der Waals surface area contributed by atoms with E-state index >= 15 is 0 Å². The molecule has 1 aromatic heterocycles. The molecule has 0 unspecified atom stereocenters. The van der Waals surface area contributed by atoms with Crippen LogP contribution in [0, 0.1) is 12.7 Å². The Balaban J connectivity index is 2.70. The van der Waals surface area contributed by atoms with Crippen molar-refractivity contribution in [2.24, 2.45) is 0 Å². The highest BCUT2D eigenvalue weighted by Gasteiger charge is 2.17. The lowest BCUT2D eigenvalue weighted by Crippen LogP contribution is -2.15. The van der Waals surface area contributed by atoms with Crippen LogP contribution < -0.4 is 5.56 Å². The summed E-state index contributed by atoms with van der Waals surface area (Å²) in [5.41, 5.74) is 1.36. The number of hydrogen-bond donors (Lipinski definition) is 1. The number of aromatic nitrogens is 1. The molecule has 0 fully saturated rings. The Morgan fingerprint density at radius 2 is 1.89 bits per heavy atom. The molecule has 2 rings (SSSR count). The van der Waals surface area contributed by atoms with Crippen molar-refractivity contribution in [1.82, 2.24) is 4.98 Å². The molecule has 0 radical (unpaired) electrons. The maximum absolute atomic E-state index is 12.9. The van der Waals surface area contributed by atoms with Gasteiger partial charge in [-0.1, -0.05) is 12.1 Å². The van der Waals surface area contributed by atoms with Crippen LogP contribution in [0.15, 0.2) is 35.1 Å². The Kier molecular flexibility index (Phi) is 3.46. The van der Waals surface area contributed by atoms with Crippen molar-refractivity contribution in [3.05, 3.63) is 57.8 Å². The van der Waals surface area contributed by atoms with Crippen LogP contribution in [-0.2, 0) is 4.74 Å². The Morgan fingerprint density at radius 3 is 2.47 bits per heavy atom. The van der Waals surface area contributed by atoms with E-state index in [4.69, 9.17) is 4.74 Å². The van der Waals surface area contributed by atoms with Crippen molar-refractivity contribution in [3.63, 3.8) is 0 Å². The van der Waals surface area contributed by atoms with Gasteiger partial charge in [0.1, 0.15) is 5.82 Å². The molecule has 0 atom stereocenters. The number of carbonyl (C=O) groups is 1. The quantitative estimate of drug-likeness (QED) is 0.844. The molecule has 0 saturated heterocycles. The van der Waals surface area contributed by atoms with Gasteiger partial charge in [-0.2, -0.15) is 0 Å². The molecular weight excluding hydrogens is 249 g/mol. The van der Waals surface area contributed by atoms with E-state index in [0.717, 1.165) is 0 Å². The molecule has 0 aliphatic carbocycles. The fourth-order valence-corrected chi connectivity index (χ4v) is 1.91. The molecular formula is C14H12FNO3. The summed E-state index contributed by atoms with van der Waals surface area (Å²) >= 11 is 0. The number of H-pyrrole nitrogens is 1. The molecule has 2 aromatic rings. The van der Waals surface area contributed by atoms with Crippen molar-refractivity contribution >= 4 is 5.97 Å². The van der Waals surface area contributed by atoms with E-state index in [0.29, 0.717) is 16.8 Å². The molecule has 4 nitrogen and oxygen atoms in total. The molecule has 98 valence electrons. The van der Waals surface area contributed by atoms with Gasteiger partial charge in [0, 0.05) is 17.3 Å². The lowest BCUT2D eigenvalue weighted by molar-refractivity contribution is 0.0600. The van der Waals surface area contributed by atoms with Crippen LogP contribution in [0.3, 0.4) is 0 Å². The number of rotatable bonds is 2. The number of pyridine rings is 1. The van der Waals surface area contributed by atoms with Crippen molar-refractivity contribution in [1.29, 1.82) is 0 Å². The second-order valence-corrected chi connectivity index (χ2v) is 4.05. The molecule has 19 heavy (non-hydrogen) atoms. The van der Waals surface area contributed by atoms with Gasteiger partial charge in [-0.3, -0.25) is 4.79 Å². The number of carbonyl (C=O) groups excluding carboxylic acids is 1. The highest BCUT2D eigenvalue weighted by atomic mass is 19.1. The van der Waals surface area contributed by atoms with E-state index in [1.54, 1.807) is 6.92 Å². The normalized spacial score (nSPS) is 10.3. The van der Waals surface area contributed by atoms with E-state index < -0.39 is 5.97 Å². The summed E-state index contributed by atoms with van der Waals surface area (Å²) < 4.78 is 17.6. The zero-order valence-corrected chi connectivity index (χ0v) is 10.5.